The number of carbonyl (C=O) groups excluding carboxylic acids is 3. The van der Waals surface area contributed by atoms with Gasteiger partial charge in [0.1, 0.15) is 12.6 Å². The van der Waals surface area contributed by atoms with Crippen LogP contribution in [0.4, 0.5) is 0 Å². The molecule has 11 heteroatoms. The second-order valence-electron chi connectivity index (χ2n) is 5.32. The van der Waals surface area contributed by atoms with Crippen molar-refractivity contribution in [3.63, 3.8) is 0 Å². The van der Waals surface area contributed by atoms with E-state index in [4.69, 9.17) is 15.9 Å². The fraction of sp³-hybridized carbons (Fsp3) is 0.615. The number of nitrogens with two attached hydrogens (primary N) is 1. The number of nitrogens with one attached hydrogen (secondary N) is 3. The predicted octanol–water partition coefficient (Wildman–Crippen LogP) is -2.75. The normalized spacial score (nSPS) is 12.8. The third kappa shape index (κ3) is 8.68. The highest BCUT2D eigenvalue weighted by Crippen LogP contribution is 1.97. The standard InChI is InChI=1S/C13H22N4O7/c1-6(2)11(14)13(24)15-4-8(18)17-7(3-9(19)20)12(23)16-5-10(21)22/h6-7,11H,3-5,14H2,1-2H3,(H,15,24)(H,16,23)(H,17,18)(H,19,20)(H,21,22)/t7-,11-/m0/s1. The summed E-state index contributed by atoms with van der Waals surface area (Å²) in [6.07, 6.45) is -0.739. The van der Waals surface area contributed by atoms with Crippen LogP contribution in [0.2, 0.25) is 0 Å². The second kappa shape index (κ2) is 10.2. The lowest BCUT2D eigenvalue weighted by Crippen LogP contribution is -2.52. The van der Waals surface area contributed by atoms with Crippen molar-refractivity contribution in [3.8, 4) is 0 Å². The Hall–Kier alpha value is -2.69. The van der Waals surface area contributed by atoms with E-state index in [1.54, 1.807) is 13.8 Å². The van der Waals surface area contributed by atoms with Crippen molar-refractivity contribution in [2.45, 2.75) is 32.4 Å². The molecule has 0 heterocycles. The average Bonchev–Trinajstić information content (AvgIpc) is 2.48. The van der Waals surface area contributed by atoms with Crippen molar-refractivity contribution in [2.75, 3.05) is 13.1 Å². The minimum Gasteiger partial charge on any atom is -0.481 e. The van der Waals surface area contributed by atoms with E-state index >= 15 is 0 Å². The van der Waals surface area contributed by atoms with Crippen LogP contribution < -0.4 is 21.7 Å². The van der Waals surface area contributed by atoms with E-state index in [0.717, 1.165) is 0 Å². The van der Waals surface area contributed by atoms with Gasteiger partial charge in [0, 0.05) is 0 Å². The molecule has 0 aliphatic carbocycles. The molecule has 7 N–H and O–H groups in total. The number of amides is 3. The van der Waals surface area contributed by atoms with Gasteiger partial charge in [-0.25, -0.2) is 0 Å². The molecule has 0 saturated heterocycles. The molecule has 24 heavy (non-hydrogen) atoms. The first-order valence-electron chi connectivity index (χ1n) is 7.08. The summed E-state index contributed by atoms with van der Waals surface area (Å²) in [5.74, 6) is -5.16. The minimum atomic E-state index is -1.47. The van der Waals surface area contributed by atoms with Crippen LogP contribution >= 0.6 is 0 Å². The first kappa shape index (κ1) is 21.3. The van der Waals surface area contributed by atoms with E-state index in [1.807, 2.05) is 5.32 Å². The Labute approximate surface area is 138 Å². The van der Waals surface area contributed by atoms with E-state index in [-0.39, 0.29) is 5.92 Å². The summed E-state index contributed by atoms with van der Waals surface area (Å²) in [6, 6.07) is -2.28. The zero-order valence-electron chi connectivity index (χ0n) is 13.4. The Balaban J connectivity index is 4.59. The van der Waals surface area contributed by atoms with Crippen molar-refractivity contribution in [3.05, 3.63) is 0 Å². The van der Waals surface area contributed by atoms with Gasteiger partial charge < -0.3 is 31.9 Å². The van der Waals surface area contributed by atoms with Crippen LogP contribution in [0.5, 0.6) is 0 Å². The maximum Gasteiger partial charge on any atom is 0.322 e. The molecule has 0 rings (SSSR count). The highest BCUT2D eigenvalue weighted by molar-refractivity contribution is 5.93. The molecular weight excluding hydrogens is 324 g/mol. The van der Waals surface area contributed by atoms with Gasteiger partial charge in [-0.15, -0.1) is 0 Å². The van der Waals surface area contributed by atoms with Gasteiger partial charge in [-0.1, -0.05) is 13.8 Å². The lowest BCUT2D eigenvalue weighted by Gasteiger charge is -2.18. The van der Waals surface area contributed by atoms with Crippen LogP contribution in [0.3, 0.4) is 0 Å². The van der Waals surface area contributed by atoms with Gasteiger partial charge in [-0.3, -0.25) is 24.0 Å². The molecule has 0 saturated carbocycles. The van der Waals surface area contributed by atoms with Crippen LogP contribution in [0.1, 0.15) is 20.3 Å². The molecule has 0 radical (unpaired) electrons. The molecular formula is C13H22N4O7. The van der Waals surface area contributed by atoms with Crippen molar-refractivity contribution in [1.29, 1.82) is 0 Å². The molecule has 0 spiro atoms. The third-order valence-corrected chi connectivity index (χ3v) is 2.89. The van der Waals surface area contributed by atoms with Gasteiger partial charge in [0.05, 0.1) is 19.0 Å². The molecule has 0 aromatic rings. The lowest BCUT2D eigenvalue weighted by molar-refractivity contribution is -0.141. The molecule has 2 atom stereocenters. The maximum absolute atomic E-state index is 11.7. The number of carbonyl (C=O) groups is 5. The van der Waals surface area contributed by atoms with Crippen LogP contribution in [0, 0.1) is 5.92 Å². The largest absolute Gasteiger partial charge is 0.481 e. The molecule has 0 bridgehead atoms. The van der Waals surface area contributed by atoms with Crippen molar-refractivity contribution in [1.82, 2.24) is 16.0 Å². The molecule has 0 aliphatic heterocycles. The molecule has 3 amide bonds. The number of carboxylic acid groups (broad SMARTS) is 2. The van der Waals surface area contributed by atoms with Crippen LogP contribution in [0.15, 0.2) is 0 Å². The van der Waals surface area contributed by atoms with Gasteiger partial charge in [0.25, 0.3) is 0 Å². The molecule has 0 fully saturated rings. The minimum absolute atomic E-state index is 0.144. The predicted molar refractivity (Wildman–Crippen MR) is 80.7 cm³/mol. The van der Waals surface area contributed by atoms with Gasteiger partial charge in [-0.05, 0) is 5.92 Å². The first-order valence-corrected chi connectivity index (χ1v) is 7.08. The topological polar surface area (TPSA) is 188 Å². The number of hydrogen-bond acceptors (Lipinski definition) is 6. The number of hydrogen-bond donors (Lipinski definition) is 6. The molecule has 0 aliphatic rings. The van der Waals surface area contributed by atoms with E-state index in [0.29, 0.717) is 0 Å². The molecule has 0 aromatic carbocycles. The van der Waals surface area contributed by atoms with Crippen molar-refractivity contribution < 1.29 is 34.2 Å². The first-order chi connectivity index (χ1) is 11.0. The number of carboxylic acids is 2. The second-order valence-corrected chi connectivity index (χ2v) is 5.32. The number of aliphatic carboxylic acids is 2. The Kier molecular flexibility index (Phi) is 9.02. The highest BCUT2D eigenvalue weighted by atomic mass is 16.4. The Morgan fingerprint density at radius 2 is 1.46 bits per heavy atom. The molecule has 0 aromatic heterocycles. The summed E-state index contributed by atoms with van der Waals surface area (Å²) in [7, 11) is 0. The van der Waals surface area contributed by atoms with Crippen molar-refractivity contribution >= 4 is 29.7 Å². The number of rotatable bonds is 10. The van der Waals surface area contributed by atoms with Gasteiger partial charge in [0.15, 0.2) is 0 Å². The smallest absolute Gasteiger partial charge is 0.322 e. The summed E-state index contributed by atoms with van der Waals surface area (Å²) in [5.41, 5.74) is 5.59. The Bertz CT molecular complexity index is 507. The SMILES string of the molecule is CC(C)[C@H](N)C(=O)NCC(=O)N[C@@H](CC(=O)O)C(=O)NCC(=O)O. The van der Waals surface area contributed by atoms with Gasteiger partial charge >= 0.3 is 11.9 Å². The summed E-state index contributed by atoms with van der Waals surface area (Å²) in [5, 5.41) is 23.6. The summed E-state index contributed by atoms with van der Waals surface area (Å²) >= 11 is 0. The average molecular weight is 346 g/mol. The van der Waals surface area contributed by atoms with E-state index in [1.165, 1.54) is 0 Å². The van der Waals surface area contributed by atoms with E-state index in [9.17, 15) is 24.0 Å². The summed E-state index contributed by atoms with van der Waals surface area (Å²) in [6.45, 7) is 2.23. The maximum atomic E-state index is 11.7. The summed E-state index contributed by atoms with van der Waals surface area (Å²) < 4.78 is 0. The third-order valence-electron chi connectivity index (χ3n) is 2.89. The fourth-order valence-electron chi connectivity index (χ4n) is 1.50. The zero-order chi connectivity index (χ0) is 18.9. The molecule has 11 nitrogen and oxygen atoms in total. The molecule has 136 valence electrons. The quantitative estimate of drug-likeness (QED) is 0.245. The van der Waals surface area contributed by atoms with Crippen molar-refractivity contribution in [2.24, 2.45) is 11.7 Å². The highest BCUT2D eigenvalue weighted by Gasteiger charge is 2.24. The van der Waals surface area contributed by atoms with Gasteiger partial charge in [0.2, 0.25) is 17.7 Å². The van der Waals surface area contributed by atoms with E-state index < -0.39 is 61.3 Å². The van der Waals surface area contributed by atoms with Crippen LogP contribution in [0.25, 0.3) is 0 Å². The Morgan fingerprint density at radius 3 is 1.92 bits per heavy atom. The fourth-order valence-corrected chi connectivity index (χ4v) is 1.50. The molecule has 0 unspecified atom stereocenters. The summed E-state index contributed by atoms with van der Waals surface area (Å²) in [4.78, 5) is 56.1. The monoisotopic (exact) mass is 346 g/mol. The lowest BCUT2D eigenvalue weighted by atomic mass is 10.1. The van der Waals surface area contributed by atoms with Crippen LogP contribution in [-0.2, 0) is 24.0 Å². The van der Waals surface area contributed by atoms with E-state index in [2.05, 4.69) is 10.6 Å². The van der Waals surface area contributed by atoms with Crippen LogP contribution in [-0.4, -0.2) is 65.0 Å². The Morgan fingerprint density at radius 1 is 0.917 bits per heavy atom. The zero-order valence-corrected chi connectivity index (χ0v) is 13.4. The van der Waals surface area contributed by atoms with Gasteiger partial charge in [-0.2, -0.15) is 0 Å².